The lowest BCUT2D eigenvalue weighted by Crippen LogP contribution is -2.34. The van der Waals surface area contributed by atoms with Gasteiger partial charge in [0.15, 0.2) is 0 Å². The Morgan fingerprint density at radius 2 is 2.28 bits per heavy atom. The summed E-state index contributed by atoms with van der Waals surface area (Å²) in [5.41, 5.74) is 0.546. The summed E-state index contributed by atoms with van der Waals surface area (Å²) < 4.78 is 0. The Hall–Kier alpha value is -1.62. The molecule has 1 heterocycles. The van der Waals surface area contributed by atoms with Crippen LogP contribution < -0.4 is 5.32 Å². The van der Waals surface area contributed by atoms with E-state index in [0.717, 1.165) is 12.8 Å². The second-order valence-electron chi connectivity index (χ2n) is 4.02. The Kier molecular flexibility index (Phi) is 6.14. The van der Waals surface area contributed by atoms with Crippen molar-refractivity contribution in [2.45, 2.75) is 19.8 Å². The second-order valence-corrected chi connectivity index (χ2v) is 4.02. The van der Waals surface area contributed by atoms with Gasteiger partial charge in [0.2, 0.25) is 0 Å². The summed E-state index contributed by atoms with van der Waals surface area (Å²) in [5.74, 6) is 0.483. The van der Waals surface area contributed by atoms with E-state index in [-0.39, 0.29) is 12.5 Å². The van der Waals surface area contributed by atoms with Crippen LogP contribution in [-0.4, -0.2) is 47.6 Å². The van der Waals surface area contributed by atoms with Crippen molar-refractivity contribution in [2.24, 2.45) is 0 Å². The van der Waals surface area contributed by atoms with Crippen molar-refractivity contribution in [1.29, 1.82) is 0 Å². The monoisotopic (exact) mass is 251 g/mol. The molecule has 1 rings (SSSR count). The molecule has 0 bridgehead atoms. The number of pyridine rings is 1. The van der Waals surface area contributed by atoms with E-state index in [1.54, 1.807) is 30.3 Å². The molecule has 18 heavy (non-hydrogen) atoms. The third-order valence-electron chi connectivity index (χ3n) is 2.71. The van der Waals surface area contributed by atoms with Crippen molar-refractivity contribution in [2.75, 3.05) is 32.1 Å². The molecule has 0 aliphatic carbocycles. The highest BCUT2D eigenvalue weighted by Gasteiger charge is 2.18. The lowest BCUT2D eigenvalue weighted by atomic mass is 10.2. The molecule has 0 saturated heterocycles. The molecule has 1 aromatic heterocycles. The van der Waals surface area contributed by atoms with Gasteiger partial charge in [0.25, 0.3) is 5.91 Å². The highest BCUT2D eigenvalue weighted by Crippen LogP contribution is 2.14. The molecule has 0 unspecified atom stereocenters. The summed E-state index contributed by atoms with van der Waals surface area (Å²) in [7, 11) is 1.74. The quantitative estimate of drug-likeness (QED) is 0.768. The lowest BCUT2D eigenvalue weighted by molar-refractivity contribution is 0.0720. The van der Waals surface area contributed by atoms with Gasteiger partial charge in [-0.15, -0.1) is 0 Å². The number of carbonyl (C=O) groups excluding carboxylic acids is 1. The van der Waals surface area contributed by atoms with E-state index in [4.69, 9.17) is 5.11 Å². The topological polar surface area (TPSA) is 65.5 Å². The fourth-order valence-corrected chi connectivity index (χ4v) is 1.73. The Morgan fingerprint density at radius 1 is 1.50 bits per heavy atom. The van der Waals surface area contributed by atoms with Gasteiger partial charge in [-0.25, -0.2) is 4.98 Å². The summed E-state index contributed by atoms with van der Waals surface area (Å²) in [4.78, 5) is 18.1. The largest absolute Gasteiger partial charge is 0.395 e. The van der Waals surface area contributed by atoms with Crippen molar-refractivity contribution in [3.8, 4) is 0 Å². The maximum absolute atomic E-state index is 12.4. The number of hydrogen-bond donors (Lipinski definition) is 2. The van der Waals surface area contributed by atoms with Crippen molar-refractivity contribution < 1.29 is 9.90 Å². The summed E-state index contributed by atoms with van der Waals surface area (Å²) in [6, 6.07) is 3.49. The minimum atomic E-state index is -0.0880. The van der Waals surface area contributed by atoms with Crippen LogP contribution >= 0.6 is 0 Å². The zero-order valence-electron chi connectivity index (χ0n) is 11.0. The van der Waals surface area contributed by atoms with Gasteiger partial charge in [-0.05, 0) is 18.6 Å². The van der Waals surface area contributed by atoms with Crippen molar-refractivity contribution >= 4 is 11.7 Å². The predicted molar refractivity (Wildman–Crippen MR) is 71.7 cm³/mol. The maximum Gasteiger partial charge on any atom is 0.257 e. The molecule has 100 valence electrons. The van der Waals surface area contributed by atoms with Gasteiger partial charge in [-0.1, -0.05) is 13.3 Å². The number of nitrogens with zero attached hydrogens (tertiary/aromatic N) is 2. The smallest absolute Gasteiger partial charge is 0.257 e. The number of amides is 1. The molecule has 1 aromatic rings. The molecular weight excluding hydrogens is 230 g/mol. The zero-order valence-corrected chi connectivity index (χ0v) is 11.0. The number of anilines is 1. The van der Waals surface area contributed by atoms with Gasteiger partial charge in [0.05, 0.1) is 12.2 Å². The van der Waals surface area contributed by atoms with E-state index in [1.165, 1.54) is 0 Å². The highest BCUT2D eigenvalue weighted by atomic mass is 16.3. The molecule has 0 fully saturated rings. The molecule has 2 N–H and O–H groups in total. The number of rotatable bonds is 7. The molecule has 1 amide bonds. The molecule has 0 spiro atoms. The second kappa shape index (κ2) is 7.66. The van der Waals surface area contributed by atoms with Gasteiger partial charge < -0.3 is 15.3 Å². The first-order valence-corrected chi connectivity index (χ1v) is 6.27. The van der Waals surface area contributed by atoms with Crippen LogP contribution in [0.2, 0.25) is 0 Å². The lowest BCUT2D eigenvalue weighted by Gasteiger charge is -2.22. The van der Waals surface area contributed by atoms with Crippen molar-refractivity contribution in [1.82, 2.24) is 9.88 Å². The van der Waals surface area contributed by atoms with Gasteiger partial charge >= 0.3 is 0 Å². The van der Waals surface area contributed by atoms with E-state index in [9.17, 15) is 4.79 Å². The van der Waals surface area contributed by atoms with E-state index < -0.39 is 0 Å². The third-order valence-corrected chi connectivity index (χ3v) is 2.71. The maximum atomic E-state index is 12.4. The number of aliphatic hydroxyl groups is 1. The van der Waals surface area contributed by atoms with E-state index >= 15 is 0 Å². The molecule has 0 saturated carbocycles. The number of unbranched alkanes of at least 4 members (excludes halogenated alkanes) is 1. The number of aromatic nitrogens is 1. The average molecular weight is 251 g/mol. The van der Waals surface area contributed by atoms with Gasteiger partial charge in [0, 0.05) is 26.3 Å². The minimum Gasteiger partial charge on any atom is -0.395 e. The number of carbonyl (C=O) groups is 1. The van der Waals surface area contributed by atoms with Gasteiger partial charge in [-0.2, -0.15) is 0 Å². The predicted octanol–water partition coefficient (Wildman–Crippen LogP) is 1.36. The summed E-state index contributed by atoms with van der Waals surface area (Å²) in [6.45, 7) is 3.07. The molecule has 0 radical (unpaired) electrons. The van der Waals surface area contributed by atoms with E-state index in [2.05, 4.69) is 17.2 Å². The fraction of sp³-hybridized carbons (Fsp3) is 0.538. The number of aliphatic hydroxyl groups excluding tert-OH is 1. The Balaban J connectivity index is 2.86. The standard InChI is InChI=1S/C13H21N3O2/c1-3-4-8-16(9-10-17)13(18)11-6-5-7-15-12(11)14-2/h5-7,17H,3-4,8-10H2,1-2H3,(H,14,15). The normalized spacial score (nSPS) is 10.2. The first kappa shape index (κ1) is 14.4. The van der Waals surface area contributed by atoms with Crippen molar-refractivity contribution in [3.63, 3.8) is 0 Å². The van der Waals surface area contributed by atoms with Crippen LogP contribution in [0, 0.1) is 0 Å². The molecular formula is C13H21N3O2. The molecule has 0 aliphatic heterocycles. The van der Waals surface area contributed by atoms with Crippen LogP contribution in [-0.2, 0) is 0 Å². The Morgan fingerprint density at radius 3 is 2.89 bits per heavy atom. The molecule has 0 aliphatic rings. The molecule has 0 atom stereocenters. The summed E-state index contributed by atoms with van der Waals surface area (Å²) in [6.07, 6.45) is 3.59. The van der Waals surface area contributed by atoms with Crippen LogP contribution in [0.3, 0.4) is 0 Å². The van der Waals surface area contributed by atoms with E-state index in [1.807, 2.05) is 0 Å². The summed E-state index contributed by atoms with van der Waals surface area (Å²) in [5, 5.41) is 11.9. The Labute approximate surface area is 108 Å². The van der Waals surface area contributed by atoms with Crippen molar-refractivity contribution in [3.05, 3.63) is 23.9 Å². The Bertz CT molecular complexity index is 382. The fourth-order valence-electron chi connectivity index (χ4n) is 1.73. The van der Waals surface area contributed by atoms with E-state index in [0.29, 0.717) is 24.5 Å². The molecule has 5 nitrogen and oxygen atoms in total. The summed E-state index contributed by atoms with van der Waals surface area (Å²) >= 11 is 0. The third kappa shape index (κ3) is 3.70. The minimum absolute atomic E-state index is 0.0232. The molecule has 5 heteroatoms. The number of hydrogen-bond acceptors (Lipinski definition) is 4. The highest BCUT2D eigenvalue weighted by molar-refractivity contribution is 5.98. The van der Waals surface area contributed by atoms with Crippen LogP contribution in [0.1, 0.15) is 30.1 Å². The van der Waals surface area contributed by atoms with Gasteiger partial charge in [0.1, 0.15) is 5.82 Å². The average Bonchev–Trinajstić information content (AvgIpc) is 2.42. The first-order valence-electron chi connectivity index (χ1n) is 6.27. The van der Waals surface area contributed by atoms with Crippen LogP contribution in [0.4, 0.5) is 5.82 Å². The zero-order chi connectivity index (χ0) is 13.4. The molecule has 0 aromatic carbocycles. The number of nitrogens with one attached hydrogen (secondary N) is 1. The van der Waals surface area contributed by atoms with Crippen LogP contribution in [0.15, 0.2) is 18.3 Å². The van der Waals surface area contributed by atoms with Crippen LogP contribution in [0.25, 0.3) is 0 Å². The van der Waals surface area contributed by atoms with Crippen LogP contribution in [0.5, 0.6) is 0 Å². The van der Waals surface area contributed by atoms with Gasteiger partial charge in [-0.3, -0.25) is 4.79 Å². The SMILES string of the molecule is CCCCN(CCO)C(=O)c1cccnc1NC. The first-order chi connectivity index (χ1) is 8.74.